The molecule has 7 heteroatoms. The SMILES string of the molecule is CN(C)CCCNC(=O)C1(C(=O)Nc2c(Cl)cccc2Cl)CC1. The summed E-state index contributed by atoms with van der Waals surface area (Å²) in [5.74, 6) is -0.574. The van der Waals surface area contributed by atoms with Gasteiger partial charge < -0.3 is 15.5 Å². The molecule has 0 radical (unpaired) electrons. The van der Waals surface area contributed by atoms with Crippen LogP contribution in [0.25, 0.3) is 0 Å². The Kier molecular flexibility index (Phi) is 5.89. The van der Waals surface area contributed by atoms with E-state index < -0.39 is 5.41 Å². The third-order valence-corrected chi connectivity index (χ3v) is 4.52. The number of hydrogen-bond donors (Lipinski definition) is 2. The molecule has 1 aromatic carbocycles. The van der Waals surface area contributed by atoms with E-state index in [0.717, 1.165) is 13.0 Å². The lowest BCUT2D eigenvalue weighted by Crippen LogP contribution is -2.40. The molecule has 2 N–H and O–H groups in total. The van der Waals surface area contributed by atoms with Gasteiger partial charge in [0.1, 0.15) is 5.41 Å². The topological polar surface area (TPSA) is 61.4 Å². The number of carbonyl (C=O) groups is 2. The molecular formula is C16H21Cl2N3O2. The van der Waals surface area contributed by atoms with Crippen LogP contribution in [0.15, 0.2) is 18.2 Å². The number of halogens is 2. The van der Waals surface area contributed by atoms with Crippen molar-refractivity contribution in [3.05, 3.63) is 28.2 Å². The molecule has 23 heavy (non-hydrogen) atoms. The maximum Gasteiger partial charge on any atom is 0.240 e. The Morgan fingerprint density at radius 1 is 1.17 bits per heavy atom. The third-order valence-electron chi connectivity index (χ3n) is 3.89. The second kappa shape index (κ2) is 7.51. The fourth-order valence-electron chi connectivity index (χ4n) is 2.30. The van der Waals surface area contributed by atoms with Crippen LogP contribution in [0, 0.1) is 5.41 Å². The fraction of sp³-hybridized carbons (Fsp3) is 0.500. The zero-order chi connectivity index (χ0) is 17.0. The second-order valence-electron chi connectivity index (χ2n) is 6.05. The van der Waals surface area contributed by atoms with Gasteiger partial charge in [0, 0.05) is 6.54 Å². The summed E-state index contributed by atoms with van der Waals surface area (Å²) in [6.07, 6.45) is 1.92. The van der Waals surface area contributed by atoms with Crippen LogP contribution in [0.2, 0.25) is 10.0 Å². The van der Waals surface area contributed by atoms with E-state index in [2.05, 4.69) is 10.6 Å². The molecule has 0 bridgehead atoms. The van der Waals surface area contributed by atoms with E-state index in [1.807, 2.05) is 19.0 Å². The van der Waals surface area contributed by atoms with Crippen molar-refractivity contribution in [3.8, 4) is 0 Å². The molecular weight excluding hydrogens is 337 g/mol. The molecule has 0 atom stereocenters. The highest BCUT2D eigenvalue weighted by Crippen LogP contribution is 2.47. The van der Waals surface area contributed by atoms with Crippen molar-refractivity contribution in [2.24, 2.45) is 5.41 Å². The number of carbonyl (C=O) groups excluding carboxylic acids is 2. The predicted molar refractivity (Wildman–Crippen MR) is 92.9 cm³/mol. The van der Waals surface area contributed by atoms with Crippen molar-refractivity contribution in [3.63, 3.8) is 0 Å². The number of anilines is 1. The molecule has 0 heterocycles. The highest BCUT2D eigenvalue weighted by Gasteiger charge is 2.56. The van der Waals surface area contributed by atoms with Crippen molar-refractivity contribution in [2.75, 3.05) is 32.5 Å². The number of nitrogens with zero attached hydrogens (tertiary/aromatic N) is 1. The lowest BCUT2D eigenvalue weighted by atomic mass is 10.0. The minimum Gasteiger partial charge on any atom is -0.355 e. The van der Waals surface area contributed by atoms with Crippen molar-refractivity contribution < 1.29 is 9.59 Å². The minimum atomic E-state index is -0.986. The van der Waals surface area contributed by atoms with Gasteiger partial charge in [0.2, 0.25) is 11.8 Å². The Bertz CT molecular complexity index is 581. The molecule has 2 rings (SSSR count). The number of amides is 2. The maximum atomic E-state index is 12.5. The molecule has 1 fully saturated rings. The van der Waals surface area contributed by atoms with Crippen LogP contribution in [0.3, 0.4) is 0 Å². The van der Waals surface area contributed by atoms with Gasteiger partial charge in [-0.2, -0.15) is 0 Å². The summed E-state index contributed by atoms with van der Waals surface area (Å²) in [6, 6.07) is 4.98. The second-order valence-corrected chi connectivity index (χ2v) is 6.86. The zero-order valence-corrected chi connectivity index (χ0v) is 14.8. The quantitative estimate of drug-likeness (QED) is 0.582. The molecule has 5 nitrogen and oxygen atoms in total. The van der Waals surface area contributed by atoms with Crippen LogP contribution >= 0.6 is 23.2 Å². The monoisotopic (exact) mass is 357 g/mol. The van der Waals surface area contributed by atoms with E-state index in [-0.39, 0.29) is 11.8 Å². The summed E-state index contributed by atoms with van der Waals surface area (Å²) < 4.78 is 0. The van der Waals surface area contributed by atoms with Crippen LogP contribution in [0.1, 0.15) is 19.3 Å². The Labute approximate surface area is 146 Å². The summed E-state index contributed by atoms with van der Waals surface area (Å²) in [5.41, 5.74) is -0.631. The van der Waals surface area contributed by atoms with E-state index in [4.69, 9.17) is 23.2 Å². The molecule has 1 aliphatic carbocycles. The zero-order valence-electron chi connectivity index (χ0n) is 13.3. The molecule has 126 valence electrons. The summed E-state index contributed by atoms with van der Waals surface area (Å²) in [6.45, 7) is 1.44. The molecule has 0 aromatic heterocycles. The highest BCUT2D eigenvalue weighted by molar-refractivity contribution is 6.40. The van der Waals surface area contributed by atoms with Gasteiger partial charge in [0.25, 0.3) is 0 Å². The van der Waals surface area contributed by atoms with Crippen LogP contribution < -0.4 is 10.6 Å². The van der Waals surface area contributed by atoms with Crippen LogP contribution in [-0.2, 0) is 9.59 Å². The van der Waals surface area contributed by atoms with Crippen LogP contribution in [0.5, 0.6) is 0 Å². The predicted octanol–water partition coefficient (Wildman–Crippen LogP) is 2.78. The minimum absolute atomic E-state index is 0.225. The fourth-order valence-corrected chi connectivity index (χ4v) is 2.79. The smallest absolute Gasteiger partial charge is 0.240 e. The lowest BCUT2D eigenvalue weighted by molar-refractivity contribution is -0.134. The summed E-state index contributed by atoms with van der Waals surface area (Å²) in [4.78, 5) is 26.9. The Morgan fingerprint density at radius 3 is 2.30 bits per heavy atom. The lowest BCUT2D eigenvalue weighted by Gasteiger charge is -2.17. The highest BCUT2D eigenvalue weighted by atomic mass is 35.5. The van der Waals surface area contributed by atoms with Crippen molar-refractivity contribution in [2.45, 2.75) is 19.3 Å². The van der Waals surface area contributed by atoms with Crippen molar-refractivity contribution in [1.82, 2.24) is 10.2 Å². The van der Waals surface area contributed by atoms with Gasteiger partial charge in [-0.25, -0.2) is 0 Å². The average molecular weight is 358 g/mol. The Morgan fingerprint density at radius 2 is 1.78 bits per heavy atom. The van der Waals surface area contributed by atoms with Crippen LogP contribution in [0.4, 0.5) is 5.69 Å². The van der Waals surface area contributed by atoms with Gasteiger partial charge in [-0.1, -0.05) is 29.3 Å². The Balaban J connectivity index is 1.94. The molecule has 0 aliphatic heterocycles. The van der Waals surface area contributed by atoms with E-state index in [9.17, 15) is 9.59 Å². The van der Waals surface area contributed by atoms with E-state index in [0.29, 0.717) is 35.1 Å². The van der Waals surface area contributed by atoms with E-state index >= 15 is 0 Å². The van der Waals surface area contributed by atoms with Gasteiger partial charge in [0.15, 0.2) is 0 Å². The summed E-state index contributed by atoms with van der Waals surface area (Å²) in [7, 11) is 3.95. The number of hydrogen-bond acceptors (Lipinski definition) is 3. The molecule has 1 saturated carbocycles. The molecule has 0 spiro atoms. The van der Waals surface area contributed by atoms with Gasteiger partial charge >= 0.3 is 0 Å². The summed E-state index contributed by atoms with van der Waals surface area (Å²) >= 11 is 12.1. The van der Waals surface area contributed by atoms with Crippen LogP contribution in [-0.4, -0.2) is 43.9 Å². The third kappa shape index (κ3) is 4.37. The molecule has 2 amide bonds. The number of nitrogens with one attached hydrogen (secondary N) is 2. The normalized spacial score (nSPS) is 15.3. The van der Waals surface area contributed by atoms with Crippen molar-refractivity contribution in [1.29, 1.82) is 0 Å². The standard InChI is InChI=1S/C16H21Cl2N3O2/c1-21(2)10-4-9-19-14(22)16(7-8-16)15(23)20-13-11(17)5-3-6-12(13)18/h3,5-6H,4,7-10H2,1-2H3,(H,19,22)(H,20,23). The summed E-state index contributed by atoms with van der Waals surface area (Å²) in [5, 5.41) is 6.25. The van der Waals surface area contributed by atoms with Gasteiger partial charge in [0.05, 0.1) is 15.7 Å². The largest absolute Gasteiger partial charge is 0.355 e. The number of rotatable bonds is 7. The first-order chi connectivity index (χ1) is 10.9. The first-order valence-corrected chi connectivity index (χ1v) is 8.31. The Hall–Kier alpha value is -1.30. The first-order valence-electron chi connectivity index (χ1n) is 7.55. The molecule has 0 unspecified atom stereocenters. The van der Waals surface area contributed by atoms with E-state index in [1.54, 1.807) is 18.2 Å². The first kappa shape index (κ1) is 18.0. The molecule has 1 aliphatic rings. The average Bonchev–Trinajstić information content (AvgIpc) is 3.29. The van der Waals surface area contributed by atoms with Gasteiger partial charge in [-0.15, -0.1) is 0 Å². The van der Waals surface area contributed by atoms with Crippen molar-refractivity contribution >= 4 is 40.7 Å². The number of benzene rings is 1. The molecule has 0 saturated heterocycles. The van der Waals surface area contributed by atoms with Gasteiger partial charge in [-0.3, -0.25) is 9.59 Å². The molecule has 1 aromatic rings. The number of para-hydroxylation sites is 1. The van der Waals surface area contributed by atoms with Gasteiger partial charge in [-0.05, 0) is 52.0 Å². The van der Waals surface area contributed by atoms with E-state index in [1.165, 1.54) is 0 Å². The maximum absolute atomic E-state index is 12.5.